The summed E-state index contributed by atoms with van der Waals surface area (Å²) in [5.74, 6) is -0.0354. The highest BCUT2D eigenvalue weighted by molar-refractivity contribution is 9.10. The molecule has 2 N–H and O–H groups in total. The van der Waals surface area contributed by atoms with E-state index >= 15 is 0 Å². The molecule has 0 aromatic heterocycles. The average molecular weight is 488 g/mol. The second-order valence-corrected chi connectivity index (χ2v) is 7.62. The maximum absolute atomic E-state index is 12.7. The molecule has 0 saturated carbocycles. The van der Waals surface area contributed by atoms with Crippen molar-refractivity contribution in [3.8, 4) is 11.5 Å². The summed E-state index contributed by atoms with van der Waals surface area (Å²) in [7, 11) is 1.51. The highest BCUT2D eigenvalue weighted by Crippen LogP contribution is 2.37. The van der Waals surface area contributed by atoms with E-state index in [0.717, 1.165) is 10.5 Å². The molecule has 0 radical (unpaired) electrons. The number of carbonyl (C=O) groups excluding carboxylic acids is 3. The Morgan fingerprint density at radius 3 is 2.71 bits per heavy atom. The van der Waals surface area contributed by atoms with E-state index in [1.54, 1.807) is 24.3 Å². The lowest BCUT2D eigenvalue weighted by atomic mass is 10.1. The van der Waals surface area contributed by atoms with Crippen LogP contribution in [0.4, 0.5) is 10.5 Å². The molecule has 1 fully saturated rings. The quantitative estimate of drug-likeness (QED) is 0.458. The first kappa shape index (κ1) is 22.4. The summed E-state index contributed by atoms with van der Waals surface area (Å²) >= 11 is 3.43. The average Bonchev–Trinajstić information content (AvgIpc) is 2.97. The van der Waals surface area contributed by atoms with Gasteiger partial charge in [-0.2, -0.15) is 0 Å². The molecule has 4 amide bonds. The lowest BCUT2D eigenvalue weighted by Gasteiger charge is -2.13. The number of nitrogens with one attached hydrogen (secondary N) is 2. The van der Waals surface area contributed by atoms with Gasteiger partial charge < -0.3 is 20.1 Å². The Morgan fingerprint density at radius 2 is 2.03 bits per heavy atom. The minimum Gasteiger partial charge on any atom is -0.493 e. The van der Waals surface area contributed by atoms with Crippen molar-refractivity contribution in [3.63, 3.8) is 0 Å². The van der Waals surface area contributed by atoms with Crippen LogP contribution in [0.1, 0.15) is 18.1 Å². The van der Waals surface area contributed by atoms with Crippen molar-refractivity contribution in [3.05, 3.63) is 57.7 Å². The van der Waals surface area contributed by atoms with Crippen molar-refractivity contribution < 1.29 is 23.9 Å². The van der Waals surface area contributed by atoms with E-state index in [0.29, 0.717) is 33.8 Å². The van der Waals surface area contributed by atoms with Crippen LogP contribution in [0.5, 0.6) is 11.5 Å². The maximum Gasteiger partial charge on any atom is 0.329 e. The van der Waals surface area contributed by atoms with Gasteiger partial charge in [-0.1, -0.05) is 12.1 Å². The molecular formula is C22H22BrN3O5. The largest absolute Gasteiger partial charge is 0.493 e. The normalized spacial score (nSPS) is 14.6. The van der Waals surface area contributed by atoms with E-state index in [9.17, 15) is 14.4 Å². The number of nitrogens with zero attached hydrogens (tertiary/aromatic N) is 1. The van der Waals surface area contributed by atoms with Crippen molar-refractivity contribution in [2.45, 2.75) is 13.8 Å². The van der Waals surface area contributed by atoms with E-state index in [1.165, 1.54) is 13.2 Å². The third kappa shape index (κ3) is 5.24. The maximum atomic E-state index is 12.7. The van der Waals surface area contributed by atoms with E-state index < -0.39 is 24.4 Å². The summed E-state index contributed by atoms with van der Waals surface area (Å²) in [4.78, 5) is 38.2. The van der Waals surface area contributed by atoms with Gasteiger partial charge in [0.25, 0.3) is 5.91 Å². The molecule has 8 nitrogen and oxygen atoms in total. The van der Waals surface area contributed by atoms with Gasteiger partial charge in [0, 0.05) is 5.69 Å². The number of anilines is 1. The van der Waals surface area contributed by atoms with Crippen molar-refractivity contribution in [1.82, 2.24) is 10.2 Å². The van der Waals surface area contributed by atoms with Gasteiger partial charge in [0.1, 0.15) is 12.2 Å². The number of imide groups is 1. The number of urea groups is 1. The number of hydrogen-bond acceptors (Lipinski definition) is 5. The number of carbonyl (C=O) groups is 3. The minimum atomic E-state index is -0.660. The third-order valence-corrected chi connectivity index (χ3v) is 5.01. The highest BCUT2D eigenvalue weighted by Gasteiger charge is 2.35. The molecule has 1 heterocycles. The second kappa shape index (κ2) is 9.65. The summed E-state index contributed by atoms with van der Waals surface area (Å²) in [6, 6.07) is 10.0. The molecule has 9 heteroatoms. The van der Waals surface area contributed by atoms with Crippen LogP contribution in [0, 0.1) is 6.92 Å². The molecule has 162 valence electrons. The van der Waals surface area contributed by atoms with Crippen molar-refractivity contribution in [2.24, 2.45) is 0 Å². The number of hydrogen-bond donors (Lipinski definition) is 2. The van der Waals surface area contributed by atoms with Gasteiger partial charge in [-0.15, -0.1) is 0 Å². The lowest BCUT2D eigenvalue weighted by molar-refractivity contribution is -0.127. The predicted molar refractivity (Wildman–Crippen MR) is 120 cm³/mol. The summed E-state index contributed by atoms with van der Waals surface area (Å²) < 4.78 is 11.6. The van der Waals surface area contributed by atoms with Gasteiger partial charge in [-0.25, -0.2) is 9.69 Å². The number of benzene rings is 2. The van der Waals surface area contributed by atoms with Gasteiger partial charge in [-0.3, -0.25) is 9.59 Å². The monoisotopic (exact) mass is 487 g/mol. The zero-order valence-corrected chi connectivity index (χ0v) is 18.9. The van der Waals surface area contributed by atoms with E-state index in [-0.39, 0.29) is 5.70 Å². The predicted octanol–water partition coefficient (Wildman–Crippen LogP) is 3.70. The minimum absolute atomic E-state index is 0.0615. The van der Waals surface area contributed by atoms with Crippen LogP contribution >= 0.6 is 15.9 Å². The van der Waals surface area contributed by atoms with Crippen molar-refractivity contribution in [1.29, 1.82) is 0 Å². The molecule has 2 aromatic carbocycles. The number of ether oxygens (including phenoxy) is 2. The van der Waals surface area contributed by atoms with Crippen LogP contribution in [0.3, 0.4) is 0 Å². The van der Waals surface area contributed by atoms with Crippen LogP contribution in [0.2, 0.25) is 0 Å². The summed E-state index contributed by atoms with van der Waals surface area (Å²) in [6.45, 7) is 3.83. The van der Waals surface area contributed by atoms with Crippen molar-refractivity contribution in [2.75, 3.05) is 25.6 Å². The Bertz CT molecular complexity index is 1070. The fourth-order valence-electron chi connectivity index (χ4n) is 3.06. The first-order valence-corrected chi connectivity index (χ1v) is 10.3. The number of rotatable bonds is 7. The van der Waals surface area contributed by atoms with Crippen LogP contribution < -0.4 is 20.1 Å². The Balaban J connectivity index is 1.76. The van der Waals surface area contributed by atoms with E-state index in [2.05, 4.69) is 26.6 Å². The Labute approximate surface area is 188 Å². The SMILES string of the molecule is CCOc1c(Br)cc(/C=C2/NC(=O)N(CC(=O)Nc3cccc(C)c3)C2=O)cc1OC. The first-order valence-electron chi connectivity index (χ1n) is 9.53. The van der Waals surface area contributed by atoms with Crippen LogP contribution in [-0.2, 0) is 9.59 Å². The van der Waals surface area contributed by atoms with Crippen LogP contribution in [-0.4, -0.2) is 43.0 Å². The zero-order chi connectivity index (χ0) is 22.5. The first-order chi connectivity index (χ1) is 14.8. The molecule has 0 spiro atoms. The van der Waals surface area contributed by atoms with E-state index in [1.807, 2.05) is 26.0 Å². The Hall–Kier alpha value is -3.33. The molecule has 3 rings (SSSR count). The molecule has 1 saturated heterocycles. The van der Waals surface area contributed by atoms with Gasteiger partial charge in [0.15, 0.2) is 11.5 Å². The Kier molecular flexibility index (Phi) is 6.96. The fraction of sp³-hybridized carbons (Fsp3) is 0.227. The van der Waals surface area contributed by atoms with Crippen molar-refractivity contribution >= 4 is 45.5 Å². The van der Waals surface area contributed by atoms with E-state index in [4.69, 9.17) is 9.47 Å². The molecule has 1 aliphatic rings. The molecule has 0 unspecified atom stereocenters. The second-order valence-electron chi connectivity index (χ2n) is 6.76. The zero-order valence-electron chi connectivity index (χ0n) is 17.3. The molecular weight excluding hydrogens is 466 g/mol. The van der Waals surface area contributed by atoms with Gasteiger partial charge in [0.2, 0.25) is 5.91 Å². The van der Waals surface area contributed by atoms with Gasteiger partial charge >= 0.3 is 6.03 Å². The Morgan fingerprint density at radius 1 is 1.26 bits per heavy atom. The molecule has 31 heavy (non-hydrogen) atoms. The third-order valence-electron chi connectivity index (χ3n) is 4.42. The molecule has 0 aliphatic carbocycles. The molecule has 0 bridgehead atoms. The smallest absolute Gasteiger partial charge is 0.329 e. The lowest BCUT2D eigenvalue weighted by Crippen LogP contribution is -2.38. The van der Waals surface area contributed by atoms with Crippen LogP contribution in [0.15, 0.2) is 46.6 Å². The summed E-state index contributed by atoms with van der Waals surface area (Å²) in [6.07, 6.45) is 1.52. The summed E-state index contributed by atoms with van der Waals surface area (Å²) in [5, 5.41) is 5.20. The standard InChI is InChI=1S/C22H22BrN3O5/c1-4-31-20-16(23)9-14(11-18(20)30-3)10-17-21(28)26(22(29)25-17)12-19(27)24-15-7-5-6-13(2)8-15/h5-11H,4,12H2,1-3H3,(H,24,27)(H,25,29)/b17-10+. The number of amides is 4. The fourth-order valence-corrected chi connectivity index (χ4v) is 3.63. The van der Waals surface area contributed by atoms with Gasteiger partial charge in [-0.05, 0) is 71.2 Å². The summed E-state index contributed by atoms with van der Waals surface area (Å²) in [5.41, 5.74) is 2.25. The number of aryl methyl sites for hydroxylation is 1. The molecule has 0 atom stereocenters. The highest BCUT2D eigenvalue weighted by atomic mass is 79.9. The number of halogens is 1. The number of methoxy groups -OCH3 is 1. The van der Waals surface area contributed by atoms with Crippen LogP contribution in [0.25, 0.3) is 6.08 Å². The van der Waals surface area contributed by atoms with Gasteiger partial charge in [0.05, 0.1) is 18.2 Å². The molecule has 1 aliphatic heterocycles. The molecule has 2 aromatic rings. The topological polar surface area (TPSA) is 97.0 Å².